The second kappa shape index (κ2) is 5.72. The Balaban J connectivity index is 2.17. The minimum Gasteiger partial charge on any atom is -0.323 e. The van der Waals surface area contributed by atoms with E-state index in [-0.39, 0.29) is 6.04 Å². The first-order valence-corrected chi connectivity index (χ1v) is 7.38. The number of thiophene rings is 1. The third-order valence-corrected chi connectivity index (χ3v) is 5.40. The zero-order valence-corrected chi connectivity index (χ0v) is 12.7. The predicted octanol–water partition coefficient (Wildman–Crippen LogP) is 5.06. The number of hydrogen-bond acceptors (Lipinski definition) is 2. The predicted molar refractivity (Wildman–Crippen MR) is 79.1 cm³/mol. The fourth-order valence-corrected chi connectivity index (χ4v) is 3.51. The SMILES string of the molecule is NC(Cc1ccccc1Cl)c1cc(Cl)c(Br)s1. The highest BCUT2D eigenvalue weighted by molar-refractivity contribution is 9.11. The Hall–Kier alpha value is -0.0600. The van der Waals surface area contributed by atoms with E-state index in [1.165, 1.54) is 0 Å². The highest BCUT2D eigenvalue weighted by Crippen LogP contribution is 2.35. The molecule has 2 N–H and O–H groups in total. The van der Waals surface area contributed by atoms with Crippen LogP contribution in [0.5, 0.6) is 0 Å². The molecule has 2 rings (SSSR count). The Kier molecular flexibility index (Phi) is 4.50. The second-order valence-electron chi connectivity index (χ2n) is 3.67. The second-order valence-corrected chi connectivity index (χ2v) is 6.89. The summed E-state index contributed by atoms with van der Waals surface area (Å²) < 4.78 is 0.920. The average molecular weight is 351 g/mol. The number of benzene rings is 1. The summed E-state index contributed by atoms with van der Waals surface area (Å²) in [5, 5.41) is 1.46. The smallest absolute Gasteiger partial charge is 0.0887 e. The van der Waals surface area contributed by atoms with Crippen molar-refractivity contribution in [3.8, 4) is 0 Å². The van der Waals surface area contributed by atoms with Gasteiger partial charge in [0.2, 0.25) is 0 Å². The molecule has 90 valence electrons. The van der Waals surface area contributed by atoms with Crippen LogP contribution in [0.3, 0.4) is 0 Å². The summed E-state index contributed by atoms with van der Waals surface area (Å²) in [6.07, 6.45) is 0.711. The standard InChI is InChI=1S/C12H10BrCl2NS/c13-12-9(15)6-11(17-12)10(16)5-7-3-1-2-4-8(7)14/h1-4,6,10H,5,16H2. The summed E-state index contributed by atoms with van der Waals surface area (Å²) in [6, 6.07) is 9.57. The maximum Gasteiger partial charge on any atom is 0.0887 e. The summed E-state index contributed by atoms with van der Waals surface area (Å²) in [4.78, 5) is 1.06. The lowest BCUT2D eigenvalue weighted by Crippen LogP contribution is -2.11. The van der Waals surface area contributed by atoms with E-state index in [1.54, 1.807) is 11.3 Å². The number of halogens is 3. The largest absolute Gasteiger partial charge is 0.323 e. The topological polar surface area (TPSA) is 26.0 Å². The molecule has 1 nitrogen and oxygen atoms in total. The van der Waals surface area contributed by atoms with Crippen LogP contribution in [0.1, 0.15) is 16.5 Å². The van der Waals surface area contributed by atoms with Crippen LogP contribution in [0.4, 0.5) is 0 Å². The van der Waals surface area contributed by atoms with Crippen molar-refractivity contribution >= 4 is 50.5 Å². The fraction of sp³-hybridized carbons (Fsp3) is 0.167. The number of rotatable bonds is 3. The van der Waals surface area contributed by atoms with Crippen molar-refractivity contribution in [3.05, 3.63) is 54.6 Å². The van der Waals surface area contributed by atoms with Crippen LogP contribution in [0.2, 0.25) is 10.0 Å². The van der Waals surface area contributed by atoms with Gasteiger partial charge in [-0.05, 0) is 40.0 Å². The van der Waals surface area contributed by atoms with Crippen molar-refractivity contribution in [2.75, 3.05) is 0 Å². The van der Waals surface area contributed by atoms with Gasteiger partial charge < -0.3 is 5.73 Å². The van der Waals surface area contributed by atoms with E-state index in [4.69, 9.17) is 28.9 Å². The molecule has 0 saturated carbocycles. The van der Waals surface area contributed by atoms with Gasteiger partial charge in [0.1, 0.15) is 0 Å². The van der Waals surface area contributed by atoms with Gasteiger partial charge in [0.05, 0.1) is 8.81 Å². The zero-order chi connectivity index (χ0) is 12.4. The molecule has 2 aromatic rings. The molecule has 0 aliphatic heterocycles. The zero-order valence-electron chi connectivity index (χ0n) is 8.79. The van der Waals surface area contributed by atoms with E-state index in [9.17, 15) is 0 Å². The quantitative estimate of drug-likeness (QED) is 0.822. The third-order valence-electron chi connectivity index (χ3n) is 2.43. The van der Waals surface area contributed by atoms with Crippen molar-refractivity contribution in [1.29, 1.82) is 0 Å². The fourth-order valence-electron chi connectivity index (χ4n) is 1.55. The van der Waals surface area contributed by atoms with Gasteiger partial charge in [-0.1, -0.05) is 41.4 Å². The van der Waals surface area contributed by atoms with Gasteiger partial charge in [-0.2, -0.15) is 0 Å². The van der Waals surface area contributed by atoms with Crippen molar-refractivity contribution in [2.24, 2.45) is 5.73 Å². The Bertz CT molecular complexity index is 507. The van der Waals surface area contributed by atoms with Crippen LogP contribution in [0, 0.1) is 0 Å². The maximum atomic E-state index is 6.15. The van der Waals surface area contributed by atoms with E-state index in [0.29, 0.717) is 11.4 Å². The van der Waals surface area contributed by atoms with Gasteiger partial charge in [0, 0.05) is 15.9 Å². The van der Waals surface area contributed by atoms with Crippen molar-refractivity contribution in [3.63, 3.8) is 0 Å². The lowest BCUT2D eigenvalue weighted by Gasteiger charge is -2.10. The Morgan fingerprint density at radius 2 is 1.94 bits per heavy atom. The van der Waals surface area contributed by atoms with E-state index in [2.05, 4.69) is 15.9 Å². The van der Waals surface area contributed by atoms with Gasteiger partial charge in [-0.25, -0.2) is 0 Å². The lowest BCUT2D eigenvalue weighted by atomic mass is 10.1. The van der Waals surface area contributed by atoms with Gasteiger partial charge in [-0.15, -0.1) is 11.3 Å². The van der Waals surface area contributed by atoms with Crippen LogP contribution in [-0.2, 0) is 6.42 Å². The summed E-state index contributed by atoms with van der Waals surface area (Å²) in [6.45, 7) is 0. The molecular formula is C12H10BrCl2NS. The van der Waals surface area contributed by atoms with Gasteiger partial charge in [-0.3, -0.25) is 0 Å². The van der Waals surface area contributed by atoms with Crippen molar-refractivity contribution < 1.29 is 0 Å². The highest BCUT2D eigenvalue weighted by Gasteiger charge is 2.13. The maximum absolute atomic E-state index is 6.15. The Labute approximate surface area is 123 Å². The van der Waals surface area contributed by atoms with Crippen molar-refractivity contribution in [1.82, 2.24) is 0 Å². The molecular weight excluding hydrogens is 341 g/mol. The molecule has 0 fully saturated rings. The molecule has 17 heavy (non-hydrogen) atoms. The molecule has 0 aliphatic rings. The monoisotopic (exact) mass is 349 g/mol. The van der Waals surface area contributed by atoms with Gasteiger partial charge in [0.15, 0.2) is 0 Å². The first-order valence-electron chi connectivity index (χ1n) is 5.01. The molecule has 5 heteroatoms. The summed E-state index contributed by atoms with van der Waals surface area (Å²) in [7, 11) is 0. The van der Waals surface area contributed by atoms with E-state index < -0.39 is 0 Å². The summed E-state index contributed by atoms with van der Waals surface area (Å²) in [5.41, 5.74) is 7.21. The molecule has 1 heterocycles. The lowest BCUT2D eigenvalue weighted by molar-refractivity contribution is 0.737. The van der Waals surface area contributed by atoms with Crippen LogP contribution < -0.4 is 5.73 Å². The first-order chi connectivity index (χ1) is 8.08. The molecule has 0 radical (unpaired) electrons. The number of hydrogen-bond donors (Lipinski definition) is 1. The molecule has 0 bridgehead atoms. The van der Waals surface area contributed by atoms with Gasteiger partial charge in [0.25, 0.3) is 0 Å². The average Bonchev–Trinajstić information content (AvgIpc) is 2.63. The van der Waals surface area contributed by atoms with Crippen LogP contribution in [0.25, 0.3) is 0 Å². The molecule has 0 aliphatic carbocycles. The molecule has 1 atom stereocenters. The summed E-state index contributed by atoms with van der Waals surface area (Å²) >= 11 is 17.0. The normalized spacial score (nSPS) is 12.7. The molecule has 0 saturated heterocycles. The van der Waals surface area contributed by atoms with E-state index in [1.807, 2.05) is 30.3 Å². The van der Waals surface area contributed by atoms with Crippen molar-refractivity contribution in [2.45, 2.75) is 12.5 Å². The molecule has 1 aromatic carbocycles. The number of nitrogens with two attached hydrogens (primary N) is 1. The van der Waals surface area contributed by atoms with E-state index in [0.717, 1.165) is 19.2 Å². The molecule has 1 unspecified atom stereocenters. The Morgan fingerprint density at radius 1 is 1.24 bits per heavy atom. The molecule has 1 aromatic heterocycles. The van der Waals surface area contributed by atoms with Crippen LogP contribution >= 0.6 is 50.5 Å². The molecule has 0 spiro atoms. The van der Waals surface area contributed by atoms with Gasteiger partial charge >= 0.3 is 0 Å². The summed E-state index contributed by atoms with van der Waals surface area (Å²) in [5.74, 6) is 0. The highest BCUT2D eigenvalue weighted by atomic mass is 79.9. The molecule has 0 amide bonds. The minimum atomic E-state index is -0.0799. The Morgan fingerprint density at radius 3 is 2.53 bits per heavy atom. The van der Waals surface area contributed by atoms with Crippen LogP contribution in [-0.4, -0.2) is 0 Å². The first kappa shape index (κ1) is 13.4. The van der Waals surface area contributed by atoms with Crippen LogP contribution in [0.15, 0.2) is 34.1 Å². The minimum absolute atomic E-state index is 0.0799. The van der Waals surface area contributed by atoms with E-state index >= 15 is 0 Å². The third kappa shape index (κ3) is 3.24.